The van der Waals surface area contributed by atoms with Crippen LogP contribution >= 0.6 is 0 Å². The molecule has 1 amide bonds. The third-order valence-electron chi connectivity index (χ3n) is 2.61. The monoisotopic (exact) mass is 323 g/mol. The van der Waals surface area contributed by atoms with E-state index >= 15 is 0 Å². The van der Waals surface area contributed by atoms with Crippen LogP contribution in [0.5, 0.6) is 0 Å². The van der Waals surface area contributed by atoms with Crippen LogP contribution in [0.15, 0.2) is 18.2 Å². The molecule has 116 valence electrons. The highest BCUT2D eigenvalue weighted by Crippen LogP contribution is 2.24. The number of nitrogens with one attached hydrogen (secondary N) is 1. The molecular formula is C13H4F7NO. The summed E-state index contributed by atoms with van der Waals surface area (Å²) in [5.74, 6) is -16.0. The molecule has 0 radical (unpaired) electrons. The van der Waals surface area contributed by atoms with Gasteiger partial charge in [-0.3, -0.25) is 4.79 Å². The molecule has 0 aromatic heterocycles. The topological polar surface area (TPSA) is 29.1 Å². The van der Waals surface area contributed by atoms with Crippen LogP contribution in [-0.4, -0.2) is 5.91 Å². The lowest BCUT2D eigenvalue weighted by Gasteiger charge is -2.09. The normalized spacial score (nSPS) is 10.7. The van der Waals surface area contributed by atoms with E-state index in [1.807, 2.05) is 0 Å². The SMILES string of the molecule is O=C(Nc1ccc(F)c(F)c1)c1c(F)c(F)c(F)c(F)c1F. The van der Waals surface area contributed by atoms with Gasteiger partial charge in [0.1, 0.15) is 5.56 Å². The van der Waals surface area contributed by atoms with Gasteiger partial charge < -0.3 is 5.32 Å². The van der Waals surface area contributed by atoms with Crippen molar-refractivity contribution in [3.8, 4) is 0 Å². The molecule has 2 rings (SSSR count). The molecule has 0 aliphatic carbocycles. The lowest BCUT2D eigenvalue weighted by Crippen LogP contribution is -2.19. The molecule has 0 saturated heterocycles. The molecule has 0 atom stereocenters. The molecule has 0 saturated carbocycles. The first-order chi connectivity index (χ1) is 10.2. The number of anilines is 1. The maximum absolute atomic E-state index is 13.4. The molecule has 1 N–H and O–H groups in total. The predicted molar refractivity (Wildman–Crippen MR) is 60.5 cm³/mol. The molecule has 0 bridgehead atoms. The Balaban J connectivity index is 2.44. The van der Waals surface area contributed by atoms with E-state index in [9.17, 15) is 35.5 Å². The standard InChI is InChI=1S/C13H4F7NO/c14-5-2-1-4(3-6(5)15)21-13(22)7-8(16)10(18)12(20)11(19)9(7)17/h1-3H,(H,21,22). The average Bonchev–Trinajstić information content (AvgIpc) is 2.47. The van der Waals surface area contributed by atoms with E-state index < -0.39 is 57.9 Å². The molecule has 0 aliphatic rings. The smallest absolute Gasteiger partial charge is 0.261 e. The van der Waals surface area contributed by atoms with E-state index in [2.05, 4.69) is 0 Å². The summed E-state index contributed by atoms with van der Waals surface area (Å²) in [5, 5.41) is 1.70. The Hall–Kier alpha value is -2.58. The van der Waals surface area contributed by atoms with Crippen molar-refractivity contribution in [1.82, 2.24) is 0 Å². The number of amides is 1. The van der Waals surface area contributed by atoms with E-state index in [0.717, 1.165) is 6.07 Å². The zero-order valence-electron chi connectivity index (χ0n) is 10.3. The van der Waals surface area contributed by atoms with Gasteiger partial charge >= 0.3 is 0 Å². The van der Waals surface area contributed by atoms with Crippen molar-refractivity contribution in [3.05, 3.63) is 64.5 Å². The van der Waals surface area contributed by atoms with Crippen LogP contribution in [0, 0.1) is 40.7 Å². The van der Waals surface area contributed by atoms with E-state index in [-0.39, 0.29) is 0 Å². The number of hydrogen-bond donors (Lipinski definition) is 1. The Bertz CT molecular complexity index is 746. The fourth-order valence-corrected chi connectivity index (χ4v) is 1.57. The first kappa shape index (κ1) is 15.8. The summed E-state index contributed by atoms with van der Waals surface area (Å²) in [4.78, 5) is 11.6. The van der Waals surface area contributed by atoms with Gasteiger partial charge in [0.05, 0.1) is 0 Å². The minimum atomic E-state index is -2.42. The Kier molecular flexibility index (Phi) is 4.07. The van der Waals surface area contributed by atoms with Crippen LogP contribution in [0.1, 0.15) is 10.4 Å². The summed E-state index contributed by atoms with van der Waals surface area (Å²) in [6.07, 6.45) is 0. The maximum Gasteiger partial charge on any atom is 0.261 e. The van der Waals surface area contributed by atoms with Crippen LogP contribution in [0.25, 0.3) is 0 Å². The molecule has 0 spiro atoms. The second-order valence-corrected chi connectivity index (χ2v) is 4.03. The Morgan fingerprint density at radius 2 is 1.23 bits per heavy atom. The zero-order chi connectivity index (χ0) is 16.6. The summed E-state index contributed by atoms with van der Waals surface area (Å²) in [6, 6.07) is 1.91. The summed E-state index contributed by atoms with van der Waals surface area (Å²) in [5.41, 5.74) is -2.17. The highest BCUT2D eigenvalue weighted by atomic mass is 19.2. The highest BCUT2D eigenvalue weighted by molar-refractivity contribution is 6.04. The van der Waals surface area contributed by atoms with Gasteiger partial charge in [0.15, 0.2) is 34.9 Å². The summed E-state index contributed by atoms with van der Waals surface area (Å²) < 4.78 is 91.2. The van der Waals surface area contributed by atoms with Gasteiger partial charge in [-0.2, -0.15) is 0 Å². The lowest BCUT2D eigenvalue weighted by molar-refractivity contribution is 0.101. The number of carbonyl (C=O) groups excluding carboxylic acids is 1. The lowest BCUT2D eigenvalue weighted by atomic mass is 10.1. The Labute approximate surface area is 118 Å². The van der Waals surface area contributed by atoms with Crippen molar-refractivity contribution >= 4 is 11.6 Å². The van der Waals surface area contributed by atoms with Crippen LogP contribution in [0.4, 0.5) is 36.4 Å². The minimum absolute atomic E-state index is 0.437. The highest BCUT2D eigenvalue weighted by Gasteiger charge is 2.29. The van der Waals surface area contributed by atoms with Gasteiger partial charge in [0.2, 0.25) is 5.82 Å². The molecule has 2 aromatic rings. The fourth-order valence-electron chi connectivity index (χ4n) is 1.57. The van der Waals surface area contributed by atoms with Crippen molar-refractivity contribution < 1.29 is 35.5 Å². The third-order valence-corrected chi connectivity index (χ3v) is 2.61. The van der Waals surface area contributed by atoms with Crippen molar-refractivity contribution in [2.75, 3.05) is 5.32 Å². The molecule has 2 aromatic carbocycles. The third kappa shape index (κ3) is 2.61. The first-order valence-electron chi connectivity index (χ1n) is 5.52. The molecule has 0 aliphatic heterocycles. The number of halogens is 7. The number of hydrogen-bond acceptors (Lipinski definition) is 1. The molecule has 0 heterocycles. The van der Waals surface area contributed by atoms with Crippen LogP contribution in [0.3, 0.4) is 0 Å². The Morgan fingerprint density at radius 1 is 0.727 bits per heavy atom. The predicted octanol–water partition coefficient (Wildman–Crippen LogP) is 3.91. The van der Waals surface area contributed by atoms with Gasteiger partial charge in [-0.05, 0) is 12.1 Å². The molecule has 9 heteroatoms. The van der Waals surface area contributed by atoms with Gasteiger partial charge in [-0.1, -0.05) is 0 Å². The van der Waals surface area contributed by atoms with Gasteiger partial charge in [0, 0.05) is 11.8 Å². The first-order valence-corrected chi connectivity index (χ1v) is 5.52. The van der Waals surface area contributed by atoms with E-state index in [1.165, 1.54) is 0 Å². The van der Waals surface area contributed by atoms with Gasteiger partial charge in [-0.15, -0.1) is 0 Å². The van der Waals surface area contributed by atoms with Crippen LogP contribution < -0.4 is 5.32 Å². The fraction of sp³-hybridized carbons (Fsp3) is 0. The molecule has 2 nitrogen and oxygen atoms in total. The second kappa shape index (κ2) is 5.66. The quantitative estimate of drug-likeness (QED) is 0.507. The maximum atomic E-state index is 13.4. The minimum Gasteiger partial charge on any atom is -0.322 e. The second-order valence-electron chi connectivity index (χ2n) is 4.03. The Morgan fingerprint density at radius 3 is 1.73 bits per heavy atom. The number of benzene rings is 2. The molecule has 22 heavy (non-hydrogen) atoms. The van der Waals surface area contributed by atoms with Gasteiger partial charge in [0.25, 0.3) is 5.91 Å². The van der Waals surface area contributed by atoms with Crippen LogP contribution in [0.2, 0.25) is 0 Å². The van der Waals surface area contributed by atoms with E-state index in [4.69, 9.17) is 0 Å². The largest absolute Gasteiger partial charge is 0.322 e. The molecule has 0 fully saturated rings. The van der Waals surface area contributed by atoms with Crippen molar-refractivity contribution in [2.45, 2.75) is 0 Å². The number of carbonyl (C=O) groups is 1. The molecule has 0 unspecified atom stereocenters. The average molecular weight is 323 g/mol. The van der Waals surface area contributed by atoms with Gasteiger partial charge in [-0.25, -0.2) is 30.7 Å². The van der Waals surface area contributed by atoms with Crippen molar-refractivity contribution in [3.63, 3.8) is 0 Å². The van der Waals surface area contributed by atoms with Crippen molar-refractivity contribution in [2.24, 2.45) is 0 Å². The zero-order valence-corrected chi connectivity index (χ0v) is 10.3. The van der Waals surface area contributed by atoms with E-state index in [0.29, 0.717) is 12.1 Å². The van der Waals surface area contributed by atoms with Crippen molar-refractivity contribution in [1.29, 1.82) is 0 Å². The van der Waals surface area contributed by atoms with Crippen LogP contribution in [-0.2, 0) is 0 Å². The summed E-state index contributed by atoms with van der Waals surface area (Å²) in [6.45, 7) is 0. The van der Waals surface area contributed by atoms with E-state index in [1.54, 1.807) is 5.32 Å². The molecular weight excluding hydrogens is 319 g/mol. The summed E-state index contributed by atoms with van der Waals surface area (Å²) >= 11 is 0. The number of rotatable bonds is 2. The summed E-state index contributed by atoms with van der Waals surface area (Å²) in [7, 11) is 0.